The van der Waals surface area contributed by atoms with E-state index in [9.17, 15) is 5.26 Å². The molecule has 7 rings (SSSR count). The molecule has 0 radical (unpaired) electrons. The summed E-state index contributed by atoms with van der Waals surface area (Å²) in [5.74, 6) is 0. The van der Waals surface area contributed by atoms with Gasteiger partial charge in [0.1, 0.15) is 11.7 Å². The molecule has 5 aromatic carbocycles. The third-order valence-electron chi connectivity index (χ3n) is 6.87. The largest absolute Gasteiger partial charge is 0.455 e. The summed E-state index contributed by atoms with van der Waals surface area (Å²) in [7, 11) is 0. The number of aromatic nitrogens is 1. The number of nitriles is 1. The summed E-state index contributed by atoms with van der Waals surface area (Å²) in [5.41, 5.74) is 7.87. The molecule has 0 N–H and O–H groups in total. The van der Waals surface area contributed by atoms with Crippen LogP contribution in [-0.2, 0) is 6.42 Å². The predicted octanol–water partition coefficient (Wildman–Crippen LogP) is 8.15. The molecule has 0 aliphatic rings. The van der Waals surface area contributed by atoms with E-state index in [1.54, 1.807) is 0 Å². The van der Waals surface area contributed by atoms with Gasteiger partial charge in [0, 0.05) is 27.2 Å². The van der Waals surface area contributed by atoms with Crippen LogP contribution in [0.5, 0.6) is 0 Å². The molecule has 3 nitrogen and oxygen atoms in total. The molecule has 0 unspecified atom stereocenters. The molecule has 2 heterocycles. The molecule has 0 saturated heterocycles. The van der Waals surface area contributed by atoms with Gasteiger partial charge in [0.25, 0.3) is 0 Å². The first-order valence-electron chi connectivity index (χ1n) is 11.7. The third kappa shape index (κ3) is 2.97. The highest BCUT2D eigenvalue weighted by Crippen LogP contribution is 2.35. The Bertz CT molecular complexity index is 1900. The van der Waals surface area contributed by atoms with Gasteiger partial charge >= 0.3 is 0 Å². The van der Waals surface area contributed by atoms with Crippen LogP contribution in [0, 0.1) is 11.3 Å². The maximum atomic E-state index is 9.88. The number of hydrogen-bond acceptors (Lipinski definition) is 2. The van der Waals surface area contributed by atoms with Crippen LogP contribution in [0.3, 0.4) is 0 Å². The van der Waals surface area contributed by atoms with Gasteiger partial charge in [-0.1, -0.05) is 72.8 Å². The quantitative estimate of drug-likeness (QED) is 0.274. The Kier molecular flexibility index (Phi) is 4.27. The van der Waals surface area contributed by atoms with Gasteiger partial charge < -0.3 is 8.98 Å². The van der Waals surface area contributed by atoms with Crippen molar-refractivity contribution >= 4 is 43.7 Å². The molecule has 3 heteroatoms. The normalized spacial score (nSPS) is 11.5. The molecule has 164 valence electrons. The fourth-order valence-electron chi connectivity index (χ4n) is 5.35. The zero-order chi connectivity index (χ0) is 23.4. The Morgan fingerprint density at radius 1 is 0.657 bits per heavy atom. The lowest BCUT2D eigenvalue weighted by atomic mass is 9.98. The van der Waals surface area contributed by atoms with Gasteiger partial charge in [0.2, 0.25) is 0 Å². The molecule has 0 amide bonds. The zero-order valence-corrected chi connectivity index (χ0v) is 18.9. The first-order valence-corrected chi connectivity index (χ1v) is 11.7. The number of benzene rings is 5. The number of nitrogens with zero attached hydrogens (tertiary/aromatic N) is 2. The molecule has 0 atom stereocenters. The Hall–Kier alpha value is -4.81. The lowest BCUT2D eigenvalue weighted by molar-refractivity contribution is 0.667. The predicted molar refractivity (Wildman–Crippen MR) is 142 cm³/mol. The summed E-state index contributed by atoms with van der Waals surface area (Å²) in [5, 5.41) is 14.4. The second-order valence-corrected chi connectivity index (χ2v) is 8.91. The summed E-state index contributed by atoms with van der Waals surface area (Å²) >= 11 is 0. The van der Waals surface area contributed by atoms with Crippen LogP contribution in [0.15, 0.2) is 114 Å². The SMILES string of the molecule is N#Cc1cc(Cc2ccccc2-n2c3ccccc3c3ccccc32)cc2c1oc1ccccc12. The minimum atomic E-state index is 0.572. The molecule has 7 aromatic rings. The number of fused-ring (bicyclic) bond motifs is 6. The molecule has 35 heavy (non-hydrogen) atoms. The highest BCUT2D eigenvalue weighted by molar-refractivity contribution is 6.09. The molecular weight excluding hydrogens is 428 g/mol. The highest BCUT2D eigenvalue weighted by Gasteiger charge is 2.16. The van der Waals surface area contributed by atoms with E-state index in [0.29, 0.717) is 17.6 Å². The fraction of sp³-hybridized carbons (Fsp3) is 0.0312. The van der Waals surface area contributed by atoms with E-state index in [2.05, 4.69) is 95.6 Å². The Balaban J connectivity index is 1.44. The average molecular weight is 449 g/mol. The lowest BCUT2D eigenvalue weighted by Gasteiger charge is -2.14. The van der Waals surface area contributed by atoms with E-state index < -0.39 is 0 Å². The Morgan fingerprint density at radius 3 is 2.03 bits per heavy atom. The van der Waals surface area contributed by atoms with Gasteiger partial charge in [0.15, 0.2) is 5.58 Å². The van der Waals surface area contributed by atoms with Crippen molar-refractivity contribution in [2.45, 2.75) is 6.42 Å². The van der Waals surface area contributed by atoms with E-state index in [0.717, 1.165) is 27.6 Å². The van der Waals surface area contributed by atoms with Crippen LogP contribution in [0.2, 0.25) is 0 Å². The van der Waals surface area contributed by atoms with Gasteiger partial charge in [-0.25, -0.2) is 0 Å². The highest BCUT2D eigenvalue weighted by atomic mass is 16.3. The zero-order valence-electron chi connectivity index (χ0n) is 18.9. The molecule has 0 spiro atoms. The summed E-state index contributed by atoms with van der Waals surface area (Å²) in [6.07, 6.45) is 0.709. The fourth-order valence-corrected chi connectivity index (χ4v) is 5.35. The van der Waals surface area contributed by atoms with Crippen LogP contribution in [0.1, 0.15) is 16.7 Å². The average Bonchev–Trinajstić information content (AvgIpc) is 3.45. The van der Waals surface area contributed by atoms with Crippen molar-refractivity contribution in [3.05, 3.63) is 126 Å². The van der Waals surface area contributed by atoms with Gasteiger partial charge in [-0.2, -0.15) is 5.26 Å². The van der Waals surface area contributed by atoms with Crippen LogP contribution >= 0.6 is 0 Å². The number of para-hydroxylation sites is 4. The maximum Gasteiger partial charge on any atom is 0.153 e. The van der Waals surface area contributed by atoms with E-state index in [1.807, 2.05) is 24.3 Å². The maximum absolute atomic E-state index is 9.88. The summed E-state index contributed by atoms with van der Waals surface area (Å²) in [6.45, 7) is 0. The minimum absolute atomic E-state index is 0.572. The van der Waals surface area contributed by atoms with Crippen molar-refractivity contribution < 1.29 is 4.42 Å². The number of furan rings is 1. The summed E-state index contributed by atoms with van der Waals surface area (Å²) in [4.78, 5) is 0. The van der Waals surface area contributed by atoms with Crippen molar-refractivity contribution in [1.29, 1.82) is 5.26 Å². The Labute approximate surface area is 202 Å². The molecule has 0 aliphatic heterocycles. The van der Waals surface area contributed by atoms with Crippen LogP contribution in [-0.4, -0.2) is 4.57 Å². The van der Waals surface area contributed by atoms with Crippen LogP contribution < -0.4 is 0 Å². The first kappa shape index (κ1) is 19.6. The van der Waals surface area contributed by atoms with Gasteiger partial charge in [0.05, 0.1) is 16.6 Å². The molecular formula is C32H20N2O. The van der Waals surface area contributed by atoms with Crippen molar-refractivity contribution in [3.63, 3.8) is 0 Å². The topological polar surface area (TPSA) is 41.9 Å². The van der Waals surface area contributed by atoms with Crippen molar-refractivity contribution in [2.24, 2.45) is 0 Å². The van der Waals surface area contributed by atoms with E-state index >= 15 is 0 Å². The molecule has 2 aromatic heterocycles. The summed E-state index contributed by atoms with van der Waals surface area (Å²) in [6, 6.07) is 40.1. The third-order valence-corrected chi connectivity index (χ3v) is 6.87. The second kappa shape index (κ2) is 7.62. The smallest absolute Gasteiger partial charge is 0.153 e. The van der Waals surface area contributed by atoms with Crippen molar-refractivity contribution in [2.75, 3.05) is 0 Å². The monoisotopic (exact) mass is 448 g/mol. The first-order chi connectivity index (χ1) is 17.3. The second-order valence-electron chi connectivity index (χ2n) is 8.91. The van der Waals surface area contributed by atoms with Gasteiger partial charge in [-0.15, -0.1) is 0 Å². The van der Waals surface area contributed by atoms with Crippen molar-refractivity contribution in [1.82, 2.24) is 4.57 Å². The van der Waals surface area contributed by atoms with Gasteiger partial charge in [-0.05, 0) is 53.9 Å². The van der Waals surface area contributed by atoms with E-state index in [1.165, 1.54) is 27.4 Å². The summed E-state index contributed by atoms with van der Waals surface area (Å²) < 4.78 is 8.39. The number of hydrogen-bond donors (Lipinski definition) is 0. The standard InChI is InChI=1S/C32H20N2O/c33-20-23-18-21(19-27-26-12-4-8-16-31(26)35-32(23)27)17-22-9-1-5-13-28(22)34-29-14-6-2-10-24(29)25-11-3-7-15-30(25)34/h1-16,18-19H,17H2. The molecule has 0 fully saturated rings. The molecule has 0 aliphatic carbocycles. The number of rotatable bonds is 3. The van der Waals surface area contributed by atoms with Crippen molar-refractivity contribution in [3.8, 4) is 11.8 Å². The van der Waals surface area contributed by atoms with Crippen LogP contribution in [0.4, 0.5) is 0 Å². The lowest BCUT2D eigenvalue weighted by Crippen LogP contribution is -2.00. The van der Waals surface area contributed by atoms with E-state index in [4.69, 9.17) is 4.42 Å². The minimum Gasteiger partial charge on any atom is -0.455 e. The molecule has 0 bridgehead atoms. The van der Waals surface area contributed by atoms with Crippen LogP contribution in [0.25, 0.3) is 49.4 Å². The van der Waals surface area contributed by atoms with E-state index in [-0.39, 0.29) is 0 Å². The molecule has 0 saturated carbocycles. The van der Waals surface area contributed by atoms with Gasteiger partial charge in [-0.3, -0.25) is 0 Å². The Morgan fingerprint density at radius 2 is 1.29 bits per heavy atom.